The number of nitrogens with one attached hydrogen (secondary N) is 1. The van der Waals surface area contributed by atoms with Gasteiger partial charge in [-0.3, -0.25) is 9.36 Å². The Labute approximate surface area is 148 Å². The summed E-state index contributed by atoms with van der Waals surface area (Å²) in [5.41, 5.74) is 2.81. The highest BCUT2D eigenvalue weighted by Crippen LogP contribution is 2.25. The van der Waals surface area contributed by atoms with Gasteiger partial charge >= 0.3 is 0 Å². The number of hydrogen-bond donors (Lipinski definition) is 1. The maximum Gasteiger partial charge on any atom is 0.277 e. The third kappa shape index (κ3) is 4.27. The topological polar surface area (TPSA) is 46.9 Å². The van der Waals surface area contributed by atoms with Crippen LogP contribution in [0.4, 0.5) is 5.69 Å². The molecule has 1 aromatic carbocycles. The number of nitrogens with zero attached hydrogens (tertiary/aromatic N) is 2. The summed E-state index contributed by atoms with van der Waals surface area (Å²) in [6.07, 6.45) is 13.4. The van der Waals surface area contributed by atoms with Crippen molar-refractivity contribution in [1.82, 2.24) is 9.55 Å². The standard InChI is InChI=1S/C21H25N3O/c1-2-3-4-8-14-24-20(18-12-6-5-7-13-18)23-16-19(21(24)25)22-15-17-10-9-11-17/h4-8,12-13,15-16,22H,2-3,9-11,14H2,1H3/b8-4-. The van der Waals surface area contributed by atoms with Crippen molar-refractivity contribution in [2.24, 2.45) is 0 Å². The second-order valence-corrected chi connectivity index (χ2v) is 6.34. The van der Waals surface area contributed by atoms with E-state index in [-0.39, 0.29) is 5.56 Å². The first-order valence-electron chi connectivity index (χ1n) is 9.04. The molecule has 25 heavy (non-hydrogen) atoms. The first-order valence-corrected chi connectivity index (χ1v) is 9.04. The molecule has 1 aliphatic carbocycles. The Kier molecular flexibility index (Phi) is 5.83. The number of hydrogen-bond acceptors (Lipinski definition) is 3. The summed E-state index contributed by atoms with van der Waals surface area (Å²) >= 11 is 0. The smallest absolute Gasteiger partial charge is 0.277 e. The number of benzene rings is 1. The highest BCUT2D eigenvalue weighted by Gasteiger charge is 2.12. The first-order chi connectivity index (χ1) is 12.3. The molecule has 0 aliphatic heterocycles. The number of allylic oxidation sites excluding steroid dienone is 3. The molecule has 0 bridgehead atoms. The molecule has 0 spiro atoms. The molecule has 0 unspecified atom stereocenters. The molecule has 130 valence electrons. The second kappa shape index (κ2) is 8.47. The first kappa shape index (κ1) is 17.2. The van der Waals surface area contributed by atoms with E-state index in [0.717, 1.165) is 31.2 Å². The minimum absolute atomic E-state index is 0.0359. The molecule has 4 heteroatoms. The van der Waals surface area contributed by atoms with Gasteiger partial charge in [0.25, 0.3) is 5.56 Å². The van der Waals surface area contributed by atoms with E-state index in [9.17, 15) is 4.79 Å². The Morgan fingerprint density at radius 3 is 2.68 bits per heavy atom. The van der Waals surface area contributed by atoms with Crippen LogP contribution in [0.3, 0.4) is 0 Å². The minimum atomic E-state index is -0.0359. The van der Waals surface area contributed by atoms with Gasteiger partial charge in [0.2, 0.25) is 0 Å². The van der Waals surface area contributed by atoms with Crippen molar-refractivity contribution in [1.29, 1.82) is 0 Å². The molecule has 2 aromatic rings. The van der Waals surface area contributed by atoms with E-state index in [0.29, 0.717) is 18.1 Å². The van der Waals surface area contributed by atoms with Crippen LogP contribution in [-0.4, -0.2) is 9.55 Å². The van der Waals surface area contributed by atoms with Crippen molar-refractivity contribution in [2.45, 2.75) is 45.6 Å². The molecular formula is C21H25N3O. The van der Waals surface area contributed by atoms with Gasteiger partial charge in [0.15, 0.2) is 0 Å². The summed E-state index contributed by atoms with van der Waals surface area (Å²) in [5.74, 6) is 0.702. The maximum absolute atomic E-state index is 12.9. The van der Waals surface area contributed by atoms with Gasteiger partial charge < -0.3 is 5.32 Å². The van der Waals surface area contributed by atoms with E-state index in [4.69, 9.17) is 0 Å². The van der Waals surface area contributed by atoms with Crippen LogP contribution < -0.4 is 10.9 Å². The van der Waals surface area contributed by atoms with Crippen molar-refractivity contribution in [3.05, 3.63) is 70.8 Å². The SMILES string of the molecule is CCC/C=C\Cn1c(-c2ccccc2)ncc(NC=C2CCC2)c1=O. The fourth-order valence-electron chi connectivity index (χ4n) is 2.75. The van der Waals surface area contributed by atoms with Crippen molar-refractivity contribution in [3.8, 4) is 11.4 Å². The van der Waals surface area contributed by atoms with Crippen LogP contribution in [-0.2, 0) is 6.54 Å². The molecule has 1 fully saturated rings. The molecule has 1 heterocycles. The second-order valence-electron chi connectivity index (χ2n) is 6.34. The van der Waals surface area contributed by atoms with Gasteiger partial charge in [-0.05, 0) is 25.7 Å². The number of anilines is 1. The Balaban J connectivity index is 1.94. The van der Waals surface area contributed by atoms with Gasteiger partial charge in [-0.2, -0.15) is 0 Å². The third-order valence-corrected chi connectivity index (χ3v) is 4.42. The van der Waals surface area contributed by atoms with Crippen molar-refractivity contribution < 1.29 is 0 Å². The van der Waals surface area contributed by atoms with Gasteiger partial charge in [0, 0.05) is 18.3 Å². The number of unbranched alkanes of at least 4 members (excludes halogenated alkanes) is 1. The fourth-order valence-corrected chi connectivity index (χ4v) is 2.75. The molecular weight excluding hydrogens is 310 g/mol. The van der Waals surface area contributed by atoms with Gasteiger partial charge in [-0.1, -0.05) is 61.4 Å². The van der Waals surface area contributed by atoms with Crippen LogP contribution in [0, 0.1) is 0 Å². The zero-order valence-corrected chi connectivity index (χ0v) is 14.7. The molecule has 0 radical (unpaired) electrons. The van der Waals surface area contributed by atoms with Crippen LogP contribution in [0.25, 0.3) is 11.4 Å². The lowest BCUT2D eigenvalue weighted by atomic mass is 9.94. The lowest BCUT2D eigenvalue weighted by Gasteiger charge is -2.17. The molecule has 0 atom stereocenters. The largest absolute Gasteiger partial charge is 0.356 e. The van der Waals surface area contributed by atoms with E-state index < -0.39 is 0 Å². The normalized spacial score (nSPS) is 13.7. The van der Waals surface area contributed by atoms with E-state index in [1.54, 1.807) is 10.8 Å². The summed E-state index contributed by atoms with van der Waals surface area (Å²) in [5, 5.41) is 3.15. The highest BCUT2D eigenvalue weighted by molar-refractivity contribution is 5.57. The monoisotopic (exact) mass is 335 g/mol. The van der Waals surface area contributed by atoms with Gasteiger partial charge in [0.05, 0.1) is 6.20 Å². The van der Waals surface area contributed by atoms with Crippen LogP contribution >= 0.6 is 0 Å². The van der Waals surface area contributed by atoms with Crippen molar-refractivity contribution >= 4 is 5.69 Å². The van der Waals surface area contributed by atoms with Gasteiger partial charge in [-0.15, -0.1) is 0 Å². The van der Waals surface area contributed by atoms with Crippen LogP contribution in [0.2, 0.25) is 0 Å². The molecule has 1 saturated carbocycles. The summed E-state index contributed by atoms with van der Waals surface area (Å²) in [4.78, 5) is 17.5. The van der Waals surface area contributed by atoms with E-state index in [1.165, 1.54) is 12.0 Å². The average molecular weight is 335 g/mol. The zero-order valence-electron chi connectivity index (χ0n) is 14.7. The molecule has 3 rings (SSSR count). The Hall–Kier alpha value is -2.62. The van der Waals surface area contributed by atoms with E-state index in [1.807, 2.05) is 42.6 Å². The molecule has 1 N–H and O–H groups in total. The minimum Gasteiger partial charge on any atom is -0.356 e. The number of aromatic nitrogens is 2. The number of rotatable bonds is 7. The Bertz CT molecular complexity index is 813. The van der Waals surface area contributed by atoms with Gasteiger partial charge in [0.1, 0.15) is 11.5 Å². The molecule has 4 nitrogen and oxygen atoms in total. The quantitative estimate of drug-likeness (QED) is 0.743. The van der Waals surface area contributed by atoms with E-state index >= 15 is 0 Å². The molecule has 1 aliphatic rings. The highest BCUT2D eigenvalue weighted by atomic mass is 16.1. The maximum atomic E-state index is 12.9. The predicted octanol–water partition coefficient (Wildman–Crippen LogP) is 4.75. The van der Waals surface area contributed by atoms with Crippen molar-refractivity contribution in [2.75, 3.05) is 5.32 Å². The lowest BCUT2D eigenvalue weighted by molar-refractivity contribution is 0.661. The Morgan fingerprint density at radius 1 is 1.20 bits per heavy atom. The Morgan fingerprint density at radius 2 is 2.00 bits per heavy atom. The van der Waals surface area contributed by atoms with Crippen LogP contribution in [0.5, 0.6) is 0 Å². The fraction of sp³-hybridized carbons (Fsp3) is 0.333. The van der Waals surface area contributed by atoms with Crippen LogP contribution in [0.15, 0.2) is 65.2 Å². The van der Waals surface area contributed by atoms with Gasteiger partial charge in [-0.25, -0.2) is 4.98 Å². The zero-order chi connectivity index (χ0) is 17.5. The van der Waals surface area contributed by atoms with E-state index in [2.05, 4.69) is 23.3 Å². The van der Waals surface area contributed by atoms with Crippen molar-refractivity contribution in [3.63, 3.8) is 0 Å². The lowest BCUT2D eigenvalue weighted by Crippen LogP contribution is -2.25. The molecule has 0 amide bonds. The molecule has 1 aromatic heterocycles. The van der Waals surface area contributed by atoms with Crippen LogP contribution in [0.1, 0.15) is 39.0 Å². The third-order valence-electron chi connectivity index (χ3n) is 4.42. The predicted molar refractivity (Wildman–Crippen MR) is 104 cm³/mol. The average Bonchev–Trinajstić information content (AvgIpc) is 2.60. The molecule has 0 saturated heterocycles. The summed E-state index contributed by atoms with van der Waals surface area (Å²) in [6, 6.07) is 9.86. The summed E-state index contributed by atoms with van der Waals surface area (Å²) in [7, 11) is 0. The summed E-state index contributed by atoms with van der Waals surface area (Å²) in [6.45, 7) is 2.67. The summed E-state index contributed by atoms with van der Waals surface area (Å²) < 4.78 is 1.74.